The number of benzene rings is 8. The molecule has 0 saturated carbocycles. The van der Waals surface area contributed by atoms with Crippen molar-refractivity contribution in [3.8, 4) is 44.5 Å². The molecule has 1 nitrogen and oxygen atoms in total. The van der Waals surface area contributed by atoms with Crippen molar-refractivity contribution in [3.05, 3.63) is 170 Å². The molecule has 0 N–H and O–H groups in total. The SMILES string of the molecule is c1ccc(-c2cccc(-c3c4ccccc4c(-c4ccc5oc6cccc(-c7ccccc7)c6c5c4)c4ccccc34)c2)cc1. The molecule has 0 aliphatic heterocycles. The van der Waals surface area contributed by atoms with Gasteiger partial charge < -0.3 is 4.42 Å². The van der Waals surface area contributed by atoms with E-state index in [1.54, 1.807) is 0 Å². The maximum atomic E-state index is 6.41. The highest BCUT2D eigenvalue weighted by molar-refractivity contribution is 6.22. The van der Waals surface area contributed by atoms with E-state index in [9.17, 15) is 0 Å². The second-order valence-corrected chi connectivity index (χ2v) is 11.6. The number of furan rings is 1. The van der Waals surface area contributed by atoms with Gasteiger partial charge in [0.05, 0.1) is 0 Å². The van der Waals surface area contributed by atoms with Gasteiger partial charge in [0.1, 0.15) is 11.2 Å². The normalized spacial score (nSPS) is 11.6. The van der Waals surface area contributed by atoms with Crippen molar-refractivity contribution in [2.24, 2.45) is 0 Å². The molecule has 0 spiro atoms. The molecule has 1 aromatic heterocycles. The second kappa shape index (κ2) is 10.4. The number of rotatable bonds is 4. The van der Waals surface area contributed by atoms with Crippen molar-refractivity contribution >= 4 is 43.5 Å². The fraction of sp³-hybridized carbons (Fsp3) is 0. The van der Waals surface area contributed by atoms with Gasteiger partial charge in [-0.2, -0.15) is 0 Å². The standard InChI is InChI=1S/C44H28O/c1-3-13-29(14-4-1)31-17-11-18-32(27-31)42-35-19-7-9-21-37(35)43(38-22-10-8-20-36(38)42)33-25-26-40-39(28-33)44-34(23-12-24-41(44)45-40)30-15-5-2-6-16-30/h1-28H. The van der Waals surface area contributed by atoms with E-state index in [-0.39, 0.29) is 0 Å². The summed E-state index contributed by atoms with van der Waals surface area (Å²) in [5, 5.41) is 7.27. The van der Waals surface area contributed by atoms with Gasteiger partial charge in [0, 0.05) is 10.8 Å². The minimum atomic E-state index is 0.903. The van der Waals surface area contributed by atoms with Gasteiger partial charge in [0.15, 0.2) is 0 Å². The van der Waals surface area contributed by atoms with Crippen LogP contribution < -0.4 is 0 Å². The van der Waals surface area contributed by atoms with E-state index in [4.69, 9.17) is 4.42 Å². The van der Waals surface area contributed by atoms with Crippen LogP contribution >= 0.6 is 0 Å². The summed E-state index contributed by atoms with van der Waals surface area (Å²) in [6.07, 6.45) is 0. The first-order valence-corrected chi connectivity index (χ1v) is 15.4. The molecule has 0 saturated heterocycles. The highest BCUT2D eigenvalue weighted by Crippen LogP contribution is 2.46. The first-order chi connectivity index (χ1) is 22.3. The zero-order valence-corrected chi connectivity index (χ0v) is 24.6. The molecule has 0 atom stereocenters. The Morgan fingerprint density at radius 1 is 0.289 bits per heavy atom. The summed E-state index contributed by atoms with van der Waals surface area (Å²) in [6.45, 7) is 0. The van der Waals surface area contributed by atoms with Crippen LogP contribution in [0.3, 0.4) is 0 Å². The van der Waals surface area contributed by atoms with E-state index in [1.165, 1.54) is 66.1 Å². The summed E-state index contributed by atoms with van der Waals surface area (Å²) in [7, 11) is 0. The van der Waals surface area contributed by atoms with E-state index in [0.29, 0.717) is 0 Å². The van der Waals surface area contributed by atoms with E-state index in [2.05, 4.69) is 170 Å². The minimum absolute atomic E-state index is 0.903. The molecule has 0 aliphatic rings. The molecule has 1 heterocycles. The van der Waals surface area contributed by atoms with Crippen molar-refractivity contribution in [2.45, 2.75) is 0 Å². The van der Waals surface area contributed by atoms with Gasteiger partial charge in [-0.05, 0) is 90.3 Å². The lowest BCUT2D eigenvalue weighted by Gasteiger charge is -2.18. The number of fused-ring (bicyclic) bond motifs is 5. The molecule has 1 heteroatoms. The molecule has 0 fully saturated rings. The molecule has 0 unspecified atom stereocenters. The monoisotopic (exact) mass is 572 g/mol. The minimum Gasteiger partial charge on any atom is -0.456 e. The van der Waals surface area contributed by atoms with Gasteiger partial charge in [-0.25, -0.2) is 0 Å². The lowest BCUT2D eigenvalue weighted by molar-refractivity contribution is 0.669. The Hall–Kier alpha value is -5.92. The molecule has 9 rings (SSSR count). The van der Waals surface area contributed by atoms with Crippen LogP contribution in [-0.4, -0.2) is 0 Å². The number of hydrogen-bond acceptors (Lipinski definition) is 1. The second-order valence-electron chi connectivity index (χ2n) is 11.6. The Morgan fingerprint density at radius 2 is 0.800 bits per heavy atom. The highest BCUT2D eigenvalue weighted by atomic mass is 16.3. The van der Waals surface area contributed by atoms with Crippen LogP contribution in [0.1, 0.15) is 0 Å². The van der Waals surface area contributed by atoms with Crippen LogP contribution in [0.2, 0.25) is 0 Å². The summed E-state index contributed by atoms with van der Waals surface area (Å²) >= 11 is 0. The lowest BCUT2D eigenvalue weighted by Crippen LogP contribution is -1.91. The third-order valence-corrected chi connectivity index (χ3v) is 9.06. The average molecular weight is 573 g/mol. The van der Waals surface area contributed by atoms with Crippen molar-refractivity contribution in [1.29, 1.82) is 0 Å². The van der Waals surface area contributed by atoms with Crippen LogP contribution in [0.4, 0.5) is 0 Å². The molecular formula is C44H28O. The Morgan fingerprint density at radius 3 is 1.44 bits per heavy atom. The van der Waals surface area contributed by atoms with Crippen molar-refractivity contribution in [1.82, 2.24) is 0 Å². The Labute approximate surface area is 261 Å². The zero-order chi connectivity index (χ0) is 29.7. The predicted octanol–water partition coefficient (Wildman–Crippen LogP) is 12.6. The predicted molar refractivity (Wildman–Crippen MR) is 190 cm³/mol. The molecule has 9 aromatic rings. The summed E-state index contributed by atoms with van der Waals surface area (Å²) in [4.78, 5) is 0. The Bertz CT molecular complexity index is 2460. The van der Waals surface area contributed by atoms with Crippen LogP contribution in [0.25, 0.3) is 88.0 Å². The Balaban J connectivity index is 1.32. The molecular weight excluding hydrogens is 544 g/mol. The largest absolute Gasteiger partial charge is 0.456 e. The van der Waals surface area contributed by atoms with E-state index < -0.39 is 0 Å². The number of hydrogen-bond donors (Lipinski definition) is 0. The van der Waals surface area contributed by atoms with Crippen LogP contribution in [-0.2, 0) is 0 Å². The summed E-state index contributed by atoms with van der Waals surface area (Å²) in [5.41, 5.74) is 11.6. The molecule has 0 radical (unpaired) electrons. The highest BCUT2D eigenvalue weighted by Gasteiger charge is 2.19. The fourth-order valence-corrected chi connectivity index (χ4v) is 7.08. The smallest absolute Gasteiger partial charge is 0.136 e. The summed E-state index contributed by atoms with van der Waals surface area (Å²) in [5.74, 6) is 0. The first-order valence-electron chi connectivity index (χ1n) is 15.4. The quantitative estimate of drug-likeness (QED) is 0.191. The third-order valence-electron chi connectivity index (χ3n) is 9.06. The van der Waals surface area contributed by atoms with Crippen molar-refractivity contribution in [2.75, 3.05) is 0 Å². The van der Waals surface area contributed by atoms with Gasteiger partial charge >= 0.3 is 0 Å². The first kappa shape index (κ1) is 25.6. The maximum absolute atomic E-state index is 6.41. The Kier molecular flexibility index (Phi) is 5.89. The third kappa shape index (κ3) is 4.17. The van der Waals surface area contributed by atoms with E-state index in [1.807, 2.05) is 0 Å². The molecule has 45 heavy (non-hydrogen) atoms. The van der Waals surface area contributed by atoms with E-state index >= 15 is 0 Å². The van der Waals surface area contributed by atoms with Gasteiger partial charge in [-0.15, -0.1) is 0 Å². The summed E-state index contributed by atoms with van der Waals surface area (Å²) < 4.78 is 6.41. The maximum Gasteiger partial charge on any atom is 0.136 e. The molecule has 0 amide bonds. The molecule has 0 aliphatic carbocycles. The van der Waals surface area contributed by atoms with Crippen LogP contribution in [0, 0.1) is 0 Å². The topological polar surface area (TPSA) is 13.1 Å². The van der Waals surface area contributed by atoms with Gasteiger partial charge in [0.2, 0.25) is 0 Å². The fourth-order valence-electron chi connectivity index (χ4n) is 7.08. The van der Waals surface area contributed by atoms with Gasteiger partial charge in [-0.1, -0.05) is 146 Å². The van der Waals surface area contributed by atoms with Gasteiger partial charge in [-0.3, -0.25) is 0 Å². The molecule has 8 aromatic carbocycles. The van der Waals surface area contributed by atoms with E-state index in [0.717, 1.165) is 21.9 Å². The van der Waals surface area contributed by atoms with Crippen LogP contribution in [0.15, 0.2) is 174 Å². The van der Waals surface area contributed by atoms with Crippen molar-refractivity contribution < 1.29 is 4.42 Å². The zero-order valence-electron chi connectivity index (χ0n) is 24.6. The molecule has 210 valence electrons. The van der Waals surface area contributed by atoms with Gasteiger partial charge in [0.25, 0.3) is 0 Å². The lowest BCUT2D eigenvalue weighted by atomic mass is 9.85. The summed E-state index contributed by atoms with van der Waals surface area (Å²) in [6, 6.07) is 60.9. The average Bonchev–Trinajstić information content (AvgIpc) is 3.49. The van der Waals surface area contributed by atoms with Crippen LogP contribution in [0.5, 0.6) is 0 Å². The molecule has 0 bridgehead atoms. The van der Waals surface area contributed by atoms with Crippen molar-refractivity contribution in [3.63, 3.8) is 0 Å².